The molecule has 0 unspecified atom stereocenters. The smallest absolute Gasteiger partial charge is 0.276 e. The number of nitrogens with zero attached hydrogens (tertiary/aromatic N) is 2. The summed E-state index contributed by atoms with van der Waals surface area (Å²) in [5.74, 6) is 0.723. The fourth-order valence-electron chi connectivity index (χ4n) is 2.23. The molecule has 0 aliphatic heterocycles. The van der Waals surface area contributed by atoms with Crippen LogP contribution in [0.3, 0.4) is 0 Å². The van der Waals surface area contributed by atoms with Gasteiger partial charge in [-0.2, -0.15) is 5.10 Å². The van der Waals surface area contributed by atoms with Crippen LogP contribution in [0.5, 0.6) is 5.75 Å². The Balaban J connectivity index is 1.99. The summed E-state index contributed by atoms with van der Waals surface area (Å²) in [5, 5.41) is 3.92. The van der Waals surface area contributed by atoms with Gasteiger partial charge in [0, 0.05) is 12.2 Å². The average molecular weight is 355 g/mol. The average Bonchev–Trinajstić information content (AvgIpc) is 2.60. The summed E-state index contributed by atoms with van der Waals surface area (Å²) in [5.41, 5.74) is 2.94. The van der Waals surface area contributed by atoms with Gasteiger partial charge in [0.15, 0.2) is 0 Å². The molecular weight excluding hydrogens is 330 g/mol. The van der Waals surface area contributed by atoms with Crippen LogP contribution in [-0.2, 0) is 0 Å². The second-order valence-electron chi connectivity index (χ2n) is 6.70. The normalized spacial score (nSPS) is 11.3. The summed E-state index contributed by atoms with van der Waals surface area (Å²) < 4.78 is 7.12. The summed E-state index contributed by atoms with van der Waals surface area (Å²) >= 11 is 0. The zero-order valence-electron chi connectivity index (χ0n) is 15.6. The first-order chi connectivity index (χ1) is 12.4. The first kappa shape index (κ1) is 19.4. The van der Waals surface area contributed by atoms with Gasteiger partial charge in [0.2, 0.25) is 0 Å². The minimum Gasteiger partial charge on any atom is -0.493 e. The molecule has 1 N–H and O–H groups in total. The minimum absolute atomic E-state index is 0.0184. The Morgan fingerprint density at radius 2 is 1.88 bits per heavy atom. The summed E-state index contributed by atoms with van der Waals surface area (Å²) in [7, 11) is 0. The molecule has 1 heterocycles. The van der Waals surface area contributed by atoms with E-state index in [1.807, 2.05) is 38.1 Å². The molecule has 6 nitrogen and oxygen atoms in total. The van der Waals surface area contributed by atoms with Crippen LogP contribution < -0.4 is 15.7 Å². The van der Waals surface area contributed by atoms with Crippen LogP contribution in [0.1, 0.15) is 49.7 Å². The Labute approximate surface area is 153 Å². The van der Waals surface area contributed by atoms with Gasteiger partial charge in [0.05, 0.1) is 12.8 Å². The summed E-state index contributed by atoms with van der Waals surface area (Å²) in [4.78, 5) is 24.4. The highest BCUT2D eigenvalue weighted by Gasteiger charge is 2.12. The summed E-state index contributed by atoms with van der Waals surface area (Å²) in [6.07, 6.45) is 3.18. The topological polar surface area (TPSA) is 72.7 Å². The summed E-state index contributed by atoms with van der Waals surface area (Å²) in [6.45, 7) is 8.61. The molecule has 0 atom stereocenters. The molecule has 0 radical (unpaired) electrons. The third kappa shape index (κ3) is 5.31. The van der Waals surface area contributed by atoms with E-state index in [9.17, 15) is 9.59 Å². The van der Waals surface area contributed by atoms with Gasteiger partial charge in [-0.15, -0.1) is 0 Å². The van der Waals surface area contributed by atoms with Crippen molar-refractivity contribution < 1.29 is 9.53 Å². The first-order valence-electron chi connectivity index (χ1n) is 8.66. The molecule has 2 rings (SSSR count). The number of nitrogens with one attached hydrogen (secondary N) is 1. The lowest BCUT2D eigenvalue weighted by Gasteiger charge is -2.10. The lowest BCUT2D eigenvalue weighted by atomic mass is 10.2. The lowest BCUT2D eigenvalue weighted by molar-refractivity contribution is 0.0953. The number of rotatable bonds is 7. The predicted molar refractivity (Wildman–Crippen MR) is 103 cm³/mol. The molecular formula is C20H25N3O3. The highest BCUT2D eigenvalue weighted by atomic mass is 16.5. The molecule has 0 saturated carbocycles. The maximum atomic E-state index is 12.3. The highest BCUT2D eigenvalue weighted by Crippen LogP contribution is 2.12. The van der Waals surface area contributed by atoms with Crippen LogP contribution in [0.4, 0.5) is 0 Å². The van der Waals surface area contributed by atoms with E-state index in [1.54, 1.807) is 12.3 Å². The molecule has 2 aromatic rings. The first-order valence-corrected chi connectivity index (χ1v) is 8.66. The van der Waals surface area contributed by atoms with Gasteiger partial charge in [0.1, 0.15) is 11.3 Å². The van der Waals surface area contributed by atoms with E-state index in [0.717, 1.165) is 11.3 Å². The van der Waals surface area contributed by atoms with E-state index in [2.05, 4.69) is 24.4 Å². The van der Waals surface area contributed by atoms with Gasteiger partial charge >= 0.3 is 0 Å². The quantitative estimate of drug-likeness (QED) is 0.612. The number of hydrazone groups is 1. The fraction of sp³-hybridized carbons (Fsp3) is 0.350. The Kier molecular flexibility index (Phi) is 6.72. The van der Waals surface area contributed by atoms with Gasteiger partial charge < -0.3 is 9.30 Å². The van der Waals surface area contributed by atoms with E-state index in [4.69, 9.17) is 4.74 Å². The van der Waals surface area contributed by atoms with Crippen molar-refractivity contribution in [2.45, 2.75) is 33.7 Å². The molecule has 0 aliphatic rings. The van der Waals surface area contributed by atoms with Gasteiger partial charge in [-0.05, 0) is 61.7 Å². The zero-order chi connectivity index (χ0) is 19.1. The van der Waals surface area contributed by atoms with Crippen molar-refractivity contribution in [2.75, 3.05) is 6.61 Å². The van der Waals surface area contributed by atoms with E-state index < -0.39 is 5.91 Å². The van der Waals surface area contributed by atoms with Crippen molar-refractivity contribution in [3.05, 3.63) is 64.1 Å². The van der Waals surface area contributed by atoms with Crippen LogP contribution in [0.25, 0.3) is 0 Å². The number of carbonyl (C=O) groups is 1. The van der Waals surface area contributed by atoms with Gasteiger partial charge in [-0.3, -0.25) is 9.59 Å². The number of hydrogen-bond acceptors (Lipinski definition) is 4. The van der Waals surface area contributed by atoms with E-state index >= 15 is 0 Å². The number of carbonyl (C=O) groups excluding carboxylic acids is 1. The molecule has 0 bridgehead atoms. The van der Waals surface area contributed by atoms with Crippen LogP contribution in [0, 0.1) is 5.92 Å². The molecule has 0 aliphatic carbocycles. The van der Waals surface area contributed by atoms with Crippen molar-refractivity contribution in [1.29, 1.82) is 0 Å². The molecule has 0 saturated heterocycles. The highest BCUT2D eigenvalue weighted by molar-refractivity contribution is 5.94. The predicted octanol–water partition coefficient (Wildman–Crippen LogP) is 3.23. The van der Waals surface area contributed by atoms with Crippen molar-refractivity contribution in [3.63, 3.8) is 0 Å². The van der Waals surface area contributed by atoms with Crippen molar-refractivity contribution in [3.8, 4) is 5.75 Å². The standard InChI is InChI=1S/C20H25N3O3/c1-14(2)13-26-17-9-7-16(8-10-17)12-21-22-19(24)18-6-5-11-23(15(3)4)20(18)25/h5-12,14-15H,13H2,1-4H3,(H,22,24)/b21-12-. The van der Waals surface area contributed by atoms with E-state index in [0.29, 0.717) is 12.5 Å². The number of benzene rings is 1. The Morgan fingerprint density at radius 3 is 2.50 bits per heavy atom. The number of pyridine rings is 1. The van der Waals surface area contributed by atoms with Crippen LogP contribution in [-0.4, -0.2) is 23.3 Å². The Morgan fingerprint density at radius 1 is 1.19 bits per heavy atom. The molecule has 0 fully saturated rings. The van der Waals surface area contributed by atoms with Crippen molar-refractivity contribution in [1.82, 2.24) is 9.99 Å². The Hall–Kier alpha value is -2.89. The number of ether oxygens (including phenoxy) is 1. The second-order valence-corrected chi connectivity index (χ2v) is 6.70. The molecule has 1 amide bonds. The molecule has 1 aromatic carbocycles. The largest absolute Gasteiger partial charge is 0.493 e. The van der Waals surface area contributed by atoms with Crippen LogP contribution in [0.15, 0.2) is 52.5 Å². The SMILES string of the molecule is CC(C)COc1ccc(/C=N\NC(=O)c2cccn(C(C)C)c2=O)cc1. The minimum atomic E-state index is -0.530. The number of amides is 1. The third-order valence-corrected chi connectivity index (χ3v) is 3.62. The molecule has 0 spiro atoms. The molecule has 6 heteroatoms. The Bertz CT molecular complexity index is 821. The van der Waals surface area contributed by atoms with Gasteiger partial charge in [0.25, 0.3) is 11.5 Å². The van der Waals surface area contributed by atoms with Crippen molar-refractivity contribution in [2.24, 2.45) is 11.0 Å². The van der Waals surface area contributed by atoms with Crippen LogP contribution >= 0.6 is 0 Å². The molecule has 1 aromatic heterocycles. The maximum Gasteiger partial charge on any atom is 0.276 e. The fourth-order valence-corrected chi connectivity index (χ4v) is 2.23. The third-order valence-electron chi connectivity index (χ3n) is 3.62. The van der Waals surface area contributed by atoms with Crippen molar-refractivity contribution >= 4 is 12.1 Å². The zero-order valence-corrected chi connectivity index (χ0v) is 15.6. The lowest BCUT2D eigenvalue weighted by Crippen LogP contribution is -2.31. The molecule has 138 valence electrons. The van der Waals surface area contributed by atoms with E-state index in [-0.39, 0.29) is 17.2 Å². The molecule has 26 heavy (non-hydrogen) atoms. The number of hydrogen-bond donors (Lipinski definition) is 1. The van der Waals surface area contributed by atoms with Gasteiger partial charge in [-0.1, -0.05) is 13.8 Å². The van der Waals surface area contributed by atoms with Crippen LogP contribution in [0.2, 0.25) is 0 Å². The number of aromatic nitrogens is 1. The summed E-state index contributed by atoms with van der Waals surface area (Å²) in [6, 6.07) is 10.5. The van der Waals surface area contributed by atoms with Gasteiger partial charge in [-0.25, -0.2) is 5.43 Å². The van der Waals surface area contributed by atoms with E-state index in [1.165, 1.54) is 16.8 Å². The monoisotopic (exact) mass is 355 g/mol. The maximum absolute atomic E-state index is 12.3. The second kappa shape index (κ2) is 8.99.